The topological polar surface area (TPSA) is 23.5 Å². The average molecular weight is 306 g/mol. The summed E-state index contributed by atoms with van der Waals surface area (Å²) < 4.78 is 27.6. The fraction of sp³-hybridized carbons (Fsp3) is 0.500. The molecule has 0 aromatic heterocycles. The third-order valence-corrected chi connectivity index (χ3v) is 3.82. The van der Waals surface area contributed by atoms with Gasteiger partial charge in [-0.2, -0.15) is 0 Å². The molecular formula is C12H14BrF2NO. The minimum atomic E-state index is -0.548. The van der Waals surface area contributed by atoms with Gasteiger partial charge in [0.25, 0.3) is 0 Å². The lowest BCUT2D eigenvalue weighted by molar-refractivity contribution is 0.151. The summed E-state index contributed by atoms with van der Waals surface area (Å²) in [5.74, 6) is -1.08. The van der Waals surface area contributed by atoms with Crippen LogP contribution in [0.4, 0.5) is 8.78 Å². The molecule has 1 unspecified atom stereocenters. The zero-order valence-corrected chi connectivity index (χ0v) is 10.9. The lowest BCUT2D eigenvalue weighted by Gasteiger charge is -2.23. The number of hydrogen-bond acceptors (Lipinski definition) is 2. The van der Waals surface area contributed by atoms with Crippen LogP contribution in [0.2, 0.25) is 0 Å². The molecule has 1 atom stereocenters. The van der Waals surface area contributed by atoms with E-state index in [-0.39, 0.29) is 29.2 Å². The molecule has 1 aromatic carbocycles. The van der Waals surface area contributed by atoms with Gasteiger partial charge < -0.3 is 5.11 Å². The van der Waals surface area contributed by atoms with Crippen molar-refractivity contribution in [2.24, 2.45) is 0 Å². The van der Waals surface area contributed by atoms with Crippen molar-refractivity contribution < 1.29 is 13.9 Å². The van der Waals surface area contributed by atoms with E-state index in [4.69, 9.17) is 5.11 Å². The summed E-state index contributed by atoms with van der Waals surface area (Å²) >= 11 is 3.05. The zero-order valence-electron chi connectivity index (χ0n) is 9.30. The predicted molar refractivity (Wildman–Crippen MR) is 64.6 cm³/mol. The maximum absolute atomic E-state index is 13.8. The third kappa shape index (κ3) is 2.67. The fourth-order valence-corrected chi connectivity index (χ4v) is 2.60. The first-order valence-electron chi connectivity index (χ1n) is 5.60. The van der Waals surface area contributed by atoms with Crippen molar-refractivity contribution in [2.75, 3.05) is 13.2 Å². The highest BCUT2D eigenvalue weighted by atomic mass is 79.9. The number of likely N-dealkylation sites (tertiary alicyclic amines) is 1. The molecular weight excluding hydrogens is 292 g/mol. The molecule has 0 spiro atoms. The first kappa shape index (κ1) is 12.9. The first-order valence-corrected chi connectivity index (χ1v) is 6.40. The minimum absolute atomic E-state index is 0.0211. The summed E-state index contributed by atoms with van der Waals surface area (Å²) in [6.07, 6.45) is 1.84. The molecule has 1 heterocycles. The van der Waals surface area contributed by atoms with Crippen LogP contribution in [0.3, 0.4) is 0 Å². The molecule has 0 radical (unpaired) electrons. The van der Waals surface area contributed by atoms with Crippen molar-refractivity contribution in [2.45, 2.75) is 25.4 Å². The number of rotatable bonds is 3. The summed E-state index contributed by atoms with van der Waals surface area (Å²) in [7, 11) is 0. The molecule has 94 valence electrons. The van der Waals surface area contributed by atoms with Gasteiger partial charge in [-0.3, -0.25) is 4.90 Å². The Kier molecular flexibility index (Phi) is 4.12. The maximum Gasteiger partial charge on any atom is 0.144 e. The van der Waals surface area contributed by atoms with Crippen LogP contribution in [0, 0.1) is 11.6 Å². The third-order valence-electron chi connectivity index (χ3n) is 3.21. The summed E-state index contributed by atoms with van der Waals surface area (Å²) in [4.78, 5) is 1.92. The van der Waals surface area contributed by atoms with Gasteiger partial charge in [-0.1, -0.05) is 0 Å². The summed E-state index contributed by atoms with van der Waals surface area (Å²) in [5, 5.41) is 9.17. The molecule has 0 saturated carbocycles. The fourth-order valence-electron chi connectivity index (χ4n) is 2.23. The molecule has 0 amide bonds. The van der Waals surface area contributed by atoms with Gasteiger partial charge in [0.2, 0.25) is 0 Å². The Morgan fingerprint density at radius 3 is 2.88 bits per heavy atom. The maximum atomic E-state index is 13.8. The normalized spacial score (nSPS) is 21.1. The quantitative estimate of drug-likeness (QED) is 0.868. The molecule has 0 aliphatic carbocycles. The summed E-state index contributed by atoms with van der Waals surface area (Å²) in [5.41, 5.74) is 0.0692. The molecule has 17 heavy (non-hydrogen) atoms. The second kappa shape index (κ2) is 5.42. The van der Waals surface area contributed by atoms with Crippen LogP contribution in [0.25, 0.3) is 0 Å². The molecule has 1 aliphatic rings. The van der Waals surface area contributed by atoms with E-state index in [1.807, 2.05) is 4.90 Å². The van der Waals surface area contributed by atoms with Gasteiger partial charge in [0.15, 0.2) is 0 Å². The van der Waals surface area contributed by atoms with Gasteiger partial charge in [0.1, 0.15) is 11.6 Å². The van der Waals surface area contributed by atoms with Crippen LogP contribution in [-0.4, -0.2) is 29.2 Å². The van der Waals surface area contributed by atoms with Crippen LogP contribution < -0.4 is 0 Å². The smallest absolute Gasteiger partial charge is 0.144 e. The molecule has 1 N–H and O–H groups in total. The van der Waals surface area contributed by atoms with Gasteiger partial charge in [-0.25, -0.2) is 8.78 Å². The Labute approximate surface area is 107 Å². The highest BCUT2D eigenvalue weighted by Gasteiger charge is 2.26. The molecule has 1 saturated heterocycles. The number of hydrogen-bond donors (Lipinski definition) is 1. The molecule has 1 aromatic rings. The summed E-state index contributed by atoms with van der Waals surface area (Å²) in [6, 6.07) is 2.64. The van der Waals surface area contributed by atoms with E-state index < -0.39 is 11.6 Å². The van der Waals surface area contributed by atoms with Gasteiger partial charge >= 0.3 is 0 Å². The highest BCUT2D eigenvalue weighted by molar-refractivity contribution is 9.10. The number of benzene rings is 1. The van der Waals surface area contributed by atoms with Crippen molar-refractivity contribution in [3.8, 4) is 0 Å². The lowest BCUT2D eigenvalue weighted by atomic mass is 10.1. The van der Waals surface area contributed by atoms with Gasteiger partial charge in [0.05, 0.1) is 11.1 Å². The van der Waals surface area contributed by atoms with E-state index in [1.165, 1.54) is 12.1 Å². The standard InChI is InChI=1S/C12H14BrF2NO/c13-10-3-4-11(14)9(12(10)15)6-16-5-1-2-8(16)7-17/h3-4,8,17H,1-2,5-7H2. The Hall–Kier alpha value is -0.520. The highest BCUT2D eigenvalue weighted by Crippen LogP contribution is 2.26. The van der Waals surface area contributed by atoms with E-state index in [2.05, 4.69) is 15.9 Å². The predicted octanol–water partition coefficient (Wildman–Crippen LogP) is 2.68. The monoisotopic (exact) mass is 305 g/mol. The average Bonchev–Trinajstić information content (AvgIpc) is 2.77. The van der Waals surface area contributed by atoms with Crippen molar-refractivity contribution in [3.63, 3.8) is 0 Å². The van der Waals surface area contributed by atoms with Crippen molar-refractivity contribution in [1.29, 1.82) is 0 Å². The number of halogens is 3. The van der Waals surface area contributed by atoms with Crippen molar-refractivity contribution >= 4 is 15.9 Å². The van der Waals surface area contributed by atoms with Gasteiger partial charge in [-0.05, 0) is 47.4 Å². The second-order valence-corrected chi connectivity index (χ2v) is 5.13. The van der Waals surface area contributed by atoms with Crippen molar-refractivity contribution in [3.05, 3.63) is 33.8 Å². The van der Waals surface area contributed by atoms with Gasteiger partial charge in [0, 0.05) is 18.2 Å². The van der Waals surface area contributed by atoms with E-state index in [9.17, 15) is 8.78 Å². The summed E-state index contributed by atoms with van der Waals surface area (Å²) in [6.45, 7) is 1.02. The molecule has 0 bridgehead atoms. The first-order chi connectivity index (χ1) is 8.13. The Morgan fingerprint density at radius 1 is 1.41 bits per heavy atom. The molecule has 2 rings (SSSR count). The van der Waals surface area contributed by atoms with Crippen LogP contribution in [-0.2, 0) is 6.54 Å². The van der Waals surface area contributed by atoms with Crippen LogP contribution in [0.5, 0.6) is 0 Å². The molecule has 1 fully saturated rings. The SMILES string of the molecule is OCC1CCCN1Cc1c(F)ccc(Br)c1F. The molecule has 5 heteroatoms. The minimum Gasteiger partial charge on any atom is -0.395 e. The largest absolute Gasteiger partial charge is 0.395 e. The number of nitrogens with zero attached hydrogens (tertiary/aromatic N) is 1. The molecule has 2 nitrogen and oxygen atoms in total. The van der Waals surface area contributed by atoms with E-state index in [0.717, 1.165) is 19.4 Å². The van der Waals surface area contributed by atoms with E-state index in [0.29, 0.717) is 0 Å². The van der Waals surface area contributed by atoms with Gasteiger partial charge in [-0.15, -0.1) is 0 Å². The van der Waals surface area contributed by atoms with Crippen LogP contribution in [0.15, 0.2) is 16.6 Å². The Balaban J connectivity index is 2.21. The Bertz CT molecular complexity index is 414. The van der Waals surface area contributed by atoms with E-state index >= 15 is 0 Å². The second-order valence-electron chi connectivity index (χ2n) is 4.27. The zero-order chi connectivity index (χ0) is 12.4. The lowest BCUT2D eigenvalue weighted by Crippen LogP contribution is -2.32. The number of aliphatic hydroxyl groups excluding tert-OH is 1. The number of aliphatic hydroxyl groups is 1. The van der Waals surface area contributed by atoms with E-state index in [1.54, 1.807) is 0 Å². The van der Waals surface area contributed by atoms with Crippen LogP contribution >= 0.6 is 15.9 Å². The van der Waals surface area contributed by atoms with Crippen LogP contribution in [0.1, 0.15) is 18.4 Å². The Morgan fingerprint density at radius 2 is 2.18 bits per heavy atom. The van der Waals surface area contributed by atoms with Crippen molar-refractivity contribution in [1.82, 2.24) is 4.90 Å². The molecule has 1 aliphatic heterocycles.